The van der Waals surface area contributed by atoms with E-state index in [0.29, 0.717) is 17.4 Å². The molecule has 0 spiro atoms. The summed E-state index contributed by atoms with van der Waals surface area (Å²) in [5, 5.41) is 5.85. The molecule has 0 radical (unpaired) electrons. The van der Waals surface area contributed by atoms with Crippen molar-refractivity contribution in [3.8, 4) is 16.3 Å². The highest BCUT2D eigenvalue weighted by Gasteiger charge is 2.14. The first-order valence-electron chi connectivity index (χ1n) is 8.50. The summed E-state index contributed by atoms with van der Waals surface area (Å²) in [5.74, 6) is -0.723. The van der Waals surface area contributed by atoms with Crippen LogP contribution in [0, 0.1) is 12.7 Å². The van der Waals surface area contributed by atoms with Gasteiger partial charge in [0.1, 0.15) is 11.6 Å². The molecule has 29 heavy (non-hydrogen) atoms. The quantitative estimate of drug-likeness (QED) is 0.546. The number of hydrogen-bond acceptors (Lipinski definition) is 6. The fourth-order valence-corrected chi connectivity index (χ4v) is 4.43. The summed E-state index contributed by atoms with van der Waals surface area (Å²) in [5.41, 5.74) is 0.788. The number of anilines is 1. The maximum atomic E-state index is 13.2. The first kappa shape index (κ1) is 21.2. The van der Waals surface area contributed by atoms with Crippen molar-refractivity contribution in [1.29, 1.82) is 0 Å². The van der Waals surface area contributed by atoms with Crippen LogP contribution in [0.2, 0.25) is 5.02 Å². The van der Waals surface area contributed by atoms with Crippen molar-refractivity contribution in [3.05, 3.63) is 50.9 Å². The van der Waals surface area contributed by atoms with E-state index in [-0.39, 0.29) is 23.4 Å². The van der Waals surface area contributed by atoms with Gasteiger partial charge >= 0.3 is 0 Å². The highest BCUT2D eigenvalue weighted by Crippen LogP contribution is 2.34. The van der Waals surface area contributed by atoms with Crippen LogP contribution in [0.4, 0.5) is 9.52 Å². The summed E-state index contributed by atoms with van der Waals surface area (Å²) in [4.78, 5) is 30.6. The number of rotatable bonds is 7. The Morgan fingerprint density at radius 3 is 2.76 bits per heavy atom. The third-order valence-electron chi connectivity index (χ3n) is 3.71. The molecule has 0 aliphatic carbocycles. The Bertz CT molecular complexity index is 1050. The third kappa shape index (κ3) is 5.75. The van der Waals surface area contributed by atoms with Gasteiger partial charge in [-0.2, -0.15) is 0 Å². The van der Waals surface area contributed by atoms with Crippen molar-refractivity contribution in [2.24, 2.45) is 0 Å². The van der Waals surface area contributed by atoms with Gasteiger partial charge in [0.05, 0.1) is 22.1 Å². The number of carbonyl (C=O) groups excluding carboxylic acids is 2. The fraction of sp³-hybridized carbons (Fsp3) is 0.211. The molecule has 0 atom stereocenters. The van der Waals surface area contributed by atoms with Gasteiger partial charge in [0, 0.05) is 22.7 Å². The zero-order chi connectivity index (χ0) is 21.0. The van der Waals surface area contributed by atoms with E-state index in [1.165, 1.54) is 47.8 Å². The van der Waals surface area contributed by atoms with Gasteiger partial charge in [0.25, 0.3) is 5.91 Å². The molecule has 0 fully saturated rings. The second-order valence-electron chi connectivity index (χ2n) is 6.01. The highest BCUT2D eigenvalue weighted by atomic mass is 35.5. The Labute approximate surface area is 179 Å². The van der Waals surface area contributed by atoms with Crippen molar-refractivity contribution < 1.29 is 18.7 Å². The molecule has 2 heterocycles. The van der Waals surface area contributed by atoms with E-state index >= 15 is 0 Å². The van der Waals surface area contributed by atoms with Gasteiger partial charge in [-0.15, -0.1) is 22.7 Å². The first-order valence-corrected chi connectivity index (χ1v) is 10.5. The zero-order valence-corrected chi connectivity index (χ0v) is 17.9. The van der Waals surface area contributed by atoms with E-state index < -0.39 is 5.82 Å². The van der Waals surface area contributed by atoms with Crippen molar-refractivity contribution in [2.75, 3.05) is 11.9 Å². The molecule has 0 bridgehead atoms. The Hall–Kier alpha value is -2.49. The molecule has 0 saturated carbocycles. The maximum absolute atomic E-state index is 13.2. The predicted molar refractivity (Wildman–Crippen MR) is 113 cm³/mol. The van der Waals surface area contributed by atoms with Crippen LogP contribution in [-0.4, -0.2) is 23.4 Å². The fourth-order valence-electron chi connectivity index (χ4n) is 2.36. The van der Waals surface area contributed by atoms with E-state index in [4.69, 9.17) is 16.3 Å². The maximum Gasteiger partial charge on any atom is 0.264 e. The number of hydrogen-bond donors (Lipinski definition) is 2. The van der Waals surface area contributed by atoms with Crippen LogP contribution in [0.1, 0.15) is 16.7 Å². The number of aryl methyl sites for hydroxylation is 1. The molecule has 3 rings (SSSR count). The molecule has 0 unspecified atom stereocenters. The largest absolute Gasteiger partial charge is 0.484 e. The summed E-state index contributed by atoms with van der Waals surface area (Å²) >= 11 is 8.58. The molecule has 2 N–H and O–H groups in total. The Morgan fingerprint density at radius 1 is 1.24 bits per heavy atom. The van der Waals surface area contributed by atoms with Gasteiger partial charge in [0.2, 0.25) is 5.91 Å². The number of nitrogens with zero attached hydrogens (tertiary/aromatic N) is 1. The highest BCUT2D eigenvalue weighted by molar-refractivity contribution is 7.18. The number of aromatic nitrogens is 1. The average Bonchev–Trinajstić information content (AvgIpc) is 3.27. The van der Waals surface area contributed by atoms with E-state index in [9.17, 15) is 14.0 Å². The Morgan fingerprint density at radius 2 is 2.03 bits per heavy atom. The normalized spacial score (nSPS) is 10.6. The van der Waals surface area contributed by atoms with Crippen molar-refractivity contribution in [1.82, 2.24) is 10.3 Å². The summed E-state index contributed by atoms with van der Waals surface area (Å²) in [6.45, 7) is 3.61. The molecule has 0 aliphatic rings. The first-order chi connectivity index (χ1) is 13.8. The monoisotopic (exact) mass is 453 g/mol. The van der Waals surface area contributed by atoms with Gasteiger partial charge < -0.3 is 10.1 Å². The lowest BCUT2D eigenvalue weighted by molar-refractivity contribution is -0.119. The number of nitrogens with one attached hydrogen (secondary N) is 2. The minimum Gasteiger partial charge on any atom is -0.484 e. The van der Waals surface area contributed by atoms with E-state index in [1.54, 1.807) is 0 Å². The van der Waals surface area contributed by atoms with Gasteiger partial charge in [-0.3, -0.25) is 14.9 Å². The lowest BCUT2D eigenvalue weighted by Crippen LogP contribution is -2.20. The summed E-state index contributed by atoms with van der Waals surface area (Å²) in [6, 6.07) is 7.76. The van der Waals surface area contributed by atoms with Crippen LogP contribution in [0.25, 0.3) is 10.6 Å². The smallest absolute Gasteiger partial charge is 0.264 e. The van der Waals surface area contributed by atoms with Crippen LogP contribution in [0.3, 0.4) is 0 Å². The predicted octanol–water partition coefficient (Wildman–Crippen LogP) is 4.63. The SMILES string of the molecule is CC(=O)NCc1ccc(-c2nc(NC(=O)COc3ccc(F)c(Cl)c3)sc2C)s1. The molecular weight excluding hydrogens is 437 g/mol. The van der Waals surface area contributed by atoms with Gasteiger partial charge in [0.15, 0.2) is 11.7 Å². The lowest BCUT2D eigenvalue weighted by atomic mass is 10.3. The van der Waals surface area contributed by atoms with Crippen molar-refractivity contribution in [3.63, 3.8) is 0 Å². The molecule has 2 aromatic heterocycles. The molecule has 0 aliphatic heterocycles. The van der Waals surface area contributed by atoms with E-state index in [1.807, 2.05) is 19.1 Å². The summed E-state index contributed by atoms with van der Waals surface area (Å²) in [6.07, 6.45) is 0. The van der Waals surface area contributed by atoms with Crippen LogP contribution in [0.5, 0.6) is 5.75 Å². The van der Waals surface area contributed by atoms with Gasteiger partial charge in [-0.25, -0.2) is 9.37 Å². The molecule has 6 nitrogen and oxygen atoms in total. The second kappa shape index (κ2) is 9.34. The van der Waals surface area contributed by atoms with Crippen molar-refractivity contribution >= 4 is 51.2 Å². The molecule has 10 heteroatoms. The number of thiophene rings is 1. The zero-order valence-electron chi connectivity index (χ0n) is 15.5. The van der Waals surface area contributed by atoms with Crippen LogP contribution in [0.15, 0.2) is 30.3 Å². The Balaban J connectivity index is 1.60. The van der Waals surface area contributed by atoms with Gasteiger partial charge in [-0.05, 0) is 31.2 Å². The van der Waals surface area contributed by atoms with Crippen LogP contribution < -0.4 is 15.4 Å². The number of halogens is 2. The molecule has 152 valence electrons. The molecule has 0 saturated heterocycles. The summed E-state index contributed by atoms with van der Waals surface area (Å²) < 4.78 is 18.5. The number of thiazole rings is 1. The molecular formula is C19H17ClFN3O3S2. The van der Waals surface area contributed by atoms with Crippen LogP contribution >= 0.6 is 34.3 Å². The average molecular weight is 454 g/mol. The minimum absolute atomic E-state index is 0.0723. The standard InChI is InChI=1S/C19H17ClFN3O3S2/c1-10-18(16-6-4-13(29-16)8-22-11(2)25)24-19(28-10)23-17(26)9-27-12-3-5-15(21)14(20)7-12/h3-7H,8-9H2,1-2H3,(H,22,25)(H,23,24,26). The molecule has 1 aromatic carbocycles. The van der Waals surface area contributed by atoms with E-state index in [2.05, 4.69) is 15.6 Å². The lowest BCUT2D eigenvalue weighted by Gasteiger charge is -2.06. The van der Waals surface area contributed by atoms with Crippen LogP contribution in [-0.2, 0) is 16.1 Å². The number of amides is 2. The molecule has 2 amide bonds. The van der Waals surface area contributed by atoms with Gasteiger partial charge in [-0.1, -0.05) is 11.6 Å². The number of ether oxygens (including phenoxy) is 1. The number of carbonyl (C=O) groups is 2. The van der Waals surface area contributed by atoms with Crippen molar-refractivity contribution in [2.45, 2.75) is 20.4 Å². The topological polar surface area (TPSA) is 80.3 Å². The third-order valence-corrected chi connectivity index (χ3v) is 5.98. The molecule has 3 aromatic rings. The van der Waals surface area contributed by atoms with E-state index in [0.717, 1.165) is 20.3 Å². The minimum atomic E-state index is -0.553. The number of benzene rings is 1. The Kier molecular flexibility index (Phi) is 6.83. The summed E-state index contributed by atoms with van der Waals surface area (Å²) in [7, 11) is 0. The second-order valence-corrected chi connectivity index (χ2v) is 8.79.